The summed E-state index contributed by atoms with van der Waals surface area (Å²) in [6.07, 6.45) is 3.78. The Labute approximate surface area is 155 Å². The number of nitrogens with one attached hydrogen (secondary N) is 2. The Kier molecular flexibility index (Phi) is 4.25. The molecule has 0 bridgehead atoms. The second-order valence-corrected chi connectivity index (χ2v) is 6.99. The molecule has 2 aliphatic rings. The van der Waals surface area contributed by atoms with E-state index in [0.29, 0.717) is 30.1 Å². The highest BCUT2D eigenvalue weighted by molar-refractivity contribution is 6.07. The molecule has 1 aromatic carbocycles. The second kappa shape index (κ2) is 6.61. The molecule has 27 heavy (non-hydrogen) atoms. The fraction of sp³-hybridized carbons (Fsp3) is 0.368. The highest BCUT2D eigenvalue weighted by Crippen LogP contribution is 2.39. The molecule has 4 rings (SSSR count). The Balaban J connectivity index is 1.43. The third-order valence-electron chi connectivity index (χ3n) is 4.94. The number of halogens is 1. The minimum atomic E-state index is -0.353. The number of carbonyl (C=O) groups is 1. The van der Waals surface area contributed by atoms with E-state index in [1.165, 1.54) is 28.0 Å². The van der Waals surface area contributed by atoms with E-state index >= 15 is 0 Å². The molecule has 2 heterocycles. The predicted octanol–water partition coefficient (Wildman–Crippen LogP) is 2.76. The van der Waals surface area contributed by atoms with E-state index in [1.54, 1.807) is 13.2 Å². The van der Waals surface area contributed by atoms with Gasteiger partial charge in [0, 0.05) is 24.6 Å². The minimum Gasteiger partial charge on any atom is -0.442 e. The van der Waals surface area contributed by atoms with Gasteiger partial charge in [0.1, 0.15) is 17.9 Å². The zero-order chi connectivity index (χ0) is 19.1. The van der Waals surface area contributed by atoms with Gasteiger partial charge in [-0.1, -0.05) is 0 Å². The highest BCUT2D eigenvalue weighted by Gasteiger charge is 2.32. The second-order valence-electron chi connectivity index (χ2n) is 6.99. The summed E-state index contributed by atoms with van der Waals surface area (Å²) in [5, 5.41) is 16.6. The van der Waals surface area contributed by atoms with Crippen LogP contribution in [0, 0.1) is 23.6 Å². The van der Waals surface area contributed by atoms with E-state index in [4.69, 9.17) is 15.2 Å². The number of hydrogen-bond donors (Lipinski definition) is 2. The van der Waals surface area contributed by atoms with Crippen LogP contribution in [0.25, 0.3) is 0 Å². The van der Waals surface area contributed by atoms with Crippen LogP contribution in [-0.4, -0.2) is 52.0 Å². The number of amidine groups is 2. The Morgan fingerprint density at radius 2 is 2.11 bits per heavy atom. The predicted molar refractivity (Wildman–Crippen MR) is 96.8 cm³/mol. The SMILES string of the molecule is Cc1cc(C(=O)N2CCN(C(=N)c3nc(C4CC4)co3)C(=N)C2)ccc1F. The van der Waals surface area contributed by atoms with Gasteiger partial charge < -0.3 is 14.2 Å². The van der Waals surface area contributed by atoms with Crippen molar-refractivity contribution in [1.29, 1.82) is 10.8 Å². The molecule has 1 saturated carbocycles. The van der Waals surface area contributed by atoms with E-state index in [2.05, 4.69) is 4.98 Å². The van der Waals surface area contributed by atoms with Gasteiger partial charge in [0.05, 0.1) is 12.2 Å². The van der Waals surface area contributed by atoms with Gasteiger partial charge in [-0.15, -0.1) is 0 Å². The van der Waals surface area contributed by atoms with Crippen LogP contribution >= 0.6 is 0 Å². The van der Waals surface area contributed by atoms with Crippen molar-refractivity contribution >= 4 is 17.6 Å². The summed E-state index contributed by atoms with van der Waals surface area (Å²) >= 11 is 0. The fourth-order valence-corrected chi connectivity index (χ4v) is 3.16. The number of aromatic nitrogens is 1. The third kappa shape index (κ3) is 3.34. The average Bonchev–Trinajstić information content (AvgIpc) is 3.39. The molecule has 0 spiro atoms. The number of piperazine rings is 1. The lowest BCUT2D eigenvalue weighted by atomic mass is 10.1. The standard InChI is InChI=1S/C19H20FN5O2/c1-11-8-13(4-5-14(11)20)19(26)24-6-7-25(16(21)9-24)17(22)18-23-15(10-27-18)12-2-3-12/h4-5,8,10,12,21-22H,2-3,6-7,9H2,1H3. The van der Waals surface area contributed by atoms with Crippen LogP contribution in [0.4, 0.5) is 4.39 Å². The lowest BCUT2D eigenvalue weighted by Crippen LogP contribution is -2.54. The number of rotatable bonds is 3. The van der Waals surface area contributed by atoms with Crippen molar-refractivity contribution < 1.29 is 13.6 Å². The van der Waals surface area contributed by atoms with Crippen LogP contribution in [0.15, 0.2) is 28.9 Å². The Bertz CT molecular complexity index is 934. The first kappa shape index (κ1) is 17.4. The average molecular weight is 369 g/mol. The summed E-state index contributed by atoms with van der Waals surface area (Å²) < 4.78 is 18.8. The summed E-state index contributed by atoms with van der Waals surface area (Å²) in [4.78, 5) is 20.0. The summed E-state index contributed by atoms with van der Waals surface area (Å²) in [5.41, 5.74) is 1.67. The van der Waals surface area contributed by atoms with Crippen molar-refractivity contribution in [2.45, 2.75) is 25.7 Å². The van der Waals surface area contributed by atoms with Gasteiger partial charge in [-0.25, -0.2) is 9.37 Å². The number of hydrogen-bond acceptors (Lipinski definition) is 5. The highest BCUT2D eigenvalue weighted by atomic mass is 19.1. The maximum absolute atomic E-state index is 13.4. The number of amides is 1. The molecule has 0 radical (unpaired) electrons. The maximum Gasteiger partial charge on any atom is 0.262 e. The van der Waals surface area contributed by atoms with Crippen LogP contribution in [0.5, 0.6) is 0 Å². The van der Waals surface area contributed by atoms with Crippen LogP contribution in [-0.2, 0) is 0 Å². The fourth-order valence-electron chi connectivity index (χ4n) is 3.16. The number of oxazole rings is 1. The van der Waals surface area contributed by atoms with Gasteiger partial charge >= 0.3 is 0 Å². The lowest BCUT2D eigenvalue weighted by molar-refractivity contribution is 0.0757. The van der Waals surface area contributed by atoms with Crippen LogP contribution in [0.1, 0.15) is 46.3 Å². The summed E-state index contributed by atoms with van der Waals surface area (Å²) in [5.74, 6) is 0.204. The zero-order valence-corrected chi connectivity index (χ0v) is 15.0. The Hall–Kier alpha value is -3.03. The molecule has 1 aliphatic carbocycles. The lowest BCUT2D eigenvalue weighted by Gasteiger charge is -2.35. The van der Waals surface area contributed by atoms with Gasteiger partial charge in [0.15, 0.2) is 5.84 Å². The van der Waals surface area contributed by atoms with Crippen molar-refractivity contribution in [2.75, 3.05) is 19.6 Å². The molecular formula is C19H20FN5O2. The minimum absolute atomic E-state index is 0.0385. The van der Waals surface area contributed by atoms with Crippen molar-refractivity contribution in [3.63, 3.8) is 0 Å². The molecule has 2 aromatic rings. The molecule has 8 heteroatoms. The van der Waals surface area contributed by atoms with Crippen LogP contribution in [0.3, 0.4) is 0 Å². The number of aryl methyl sites for hydroxylation is 1. The van der Waals surface area contributed by atoms with Crippen molar-refractivity contribution in [2.24, 2.45) is 0 Å². The van der Waals surface area contributed by atoms with E-state index in [-0.39, 0.29) is 35.8 Å². The van der Waals surface area contributed by atoms with E-state index in [9.17, 15) is 9.18 Å². The molecule has 0 unspecified atom stereocenters. The third-order valence-corrected chi connectivity index (χ3v) is 4.94. The molecule has 2 N–H and O–H groups in total. The zero-order valence-electron chi connectivity index (χ0n) is 15.0. The summed E-state index contributed by atoms with van der Waals surface area (Å²) in [6.45, 7) is 2.36. The molecule has 1 saturated heterocycles. The molecule has 0 atom stereocenters. The van der Waals surface area contributed by atoms with Gasteiger partial charge in [-0.3, -0.25) is 15.6 Å². The normalized spacial score (nSPS) is 17.3. The van der Waals surface area contributed by atoms with Gasteiger partial charge in [-0.05, 0) is 43.5 Å². The molecule has 2 fully saturated rings. The molecule has 1 aromatic heterocycles. The first-order chi connectivity index (χ1) is 12.9. The monoisotopic (exact) mass is 369 g/mol. The van der Waals surface area contributed by atoms with Crippen LogP contribution in [0.2, 0.25) is 0 Å². The summed E-state index contributed by atoms with van der Waals surface area (Å²) in [7, 11) is 0. The number of nitrogens with zero attached hydrogens (tertiary/aromatic N) is 3. The van der Waals surface area contributed by atoms with Crippen molar-refractivity contribution in [1.82, 2.24) is 14.8 Å². The first-order valence-corrected chi connectivity index (χ1v) is 8.89. The number of carbonyl (C=O) groups excluding carboxylic acids is 1. The summed E-state index contributed by atoms with van der Waals surface area (Å²) in [6, 6.07) is 4.25. The molecule has 1 aliphatic heterocycles. The van der Waals surface area contributed by atoms with E-state index < -0.39 is 0 Å². The van der Waals surface area contributed by atoms with Crippen molar-refractivity contribution in [3.8, 4) is 0 Å². The Morgan fingerprint density at radius 3 is 2.78 bits per heavy atom. The van der Waals surface area contributed by atoms with E-state index in [0.717, 1.165) is 18.5 Å². The van der Waals surface area contributed by atoms with Gasteiger partial charge in [0.2, 0.25) is 0 Å². The van der Waals surface area contributed by atoms with E-state index in [1.807, 2.05) is 0 Å². The maximum atomic E-state index is 13.4. The molecule has 140 valence electrons. The molecule has 7 nitrogen and oxygen atoms in total. The first-order valence-electron chi connectivity index (χ1n) is 8.89. The largest absolute Gasteiger partial charge is 0.442 e. The van der Waals surface area contributed by atoms with Gasteiger partial charge in [-0.2, -0.15) is 0 Å². The smallest absolute Gasteiger partial charge is 0.262 e. The quantitative estimate of drug-likeness (QED) is 0.642. The Morgan fingerprint density at radius 1 is 1.33 bits per heavy atom. The molecular weight excluding hydrogens is 349 g/mol. The topological polar surface area (TPSA) is 97.3 Å². The number of benzene rings is 1. The van der Waals surface area contributed by atoms with Crippen molar-refractivity contribution in [3.05, 3.63) is 53.0 Å². The molecule has 1 amide bonds. The van der Waals surface area contributed by atoms with Crippen LogP contribution < -0.4 is 0 Å². The van der Waals surface area contributed by atoms with Gasteiger partial charge in [0.25, 0.3) is 11.8 Å².